The molecule has 1 saturated heterocycles. The Morgan fingerprint density at radius 2 is 1.85 bits per heavy atom. The molecule has 0 radical (unpaired) electrons. The number of pyridine rings is 1. The Morgan fingerprint density at radius 3 is 2.50 bits per heavy atom. The summed E-state index contributed by atoms with van der Waals surface area (Å²) in [6, 6.07) is 11.8. The van der Waals surface area contributed by atoms with Crippen LogP contribution >= 0.6 is 0 Å². The quantitative estimate of drug-likeness (QED) is 0.602. The Hall–Kier alpha value is -2.84. The van der Waals surface area contributed by atoms with E-state index in [0.29, 0.717) is 5.69 Å². The number of aromatic nitrogens is 1. The van der Waals surface area contributed by atoms with Crippen LogP contribution in [0.1, 0.15) is 0 Å². The highest BCUT2D eigenvalue weighted by atomic mass is 16.6. The molecule has 1 fully saturated rings. The van der Waals surface area contributed by atoms with Crippen LogP contribution in [0, 0.1) is 10.1 Å². The molecule has 0 N–H and O–H groups in total. The molecule has 2 aromatic rings. The van der Waals surface area contributed by atoms with Gasteiger partial charge in [0, 0.05) is 38.4 Å². The number of likely N-dealkylation sites (N-methyl/N-ethyl adjacent to an activating group) is 1. The van der Waals surface area contributed by atoms with Crippen molar-refractivity contribution in [2.75, 3.05) is 44.7 Å². The summed E-state index contributed by atoms with van der Waals surface area (Å²) in [7, 11) is 2.05. The van der Waals surface area contributed by atoms with Gasteiger partial charge in [-0.05, 0) is 25.2 Å². The molecular formula is C18H21N5O3. The molecule has 1 aromatic heterocycles. The first kappa shape index (κ1) is 18.0. The summed E-state index contributed by atoms with van der Waals surface area (Å²) in [4.78, 5) is 33.7. The van der Waals surface area contributed by atoms with Crippen LogP contribution in [0.4, 0.5) is 17.2 Å². The van der Waals surface area contributed by atoms with Crippen LogP contribution in [0.15, 0.2) is 48.7 Å². The second-order valence-corrected chi connectivity index (χ2v) is 6.25. The second-order valence-electron chi connectivity index (χ2n) is 6.25. The molecule has 136 valence electrons. The number of anilines is 2. The van der Waals surface area contributed by atoms with Gasteiger partial charge in [-0.2, -0.15) is 0 Å². The van der Waals surface area contributed by atoms with Gasteiger partial charge < -0.3 is 4.90 Å². The number of carbonyl (C=O) groups excluding carboxylic acids is 1. The summed E-state index contributed by atoms with van der Waals surface area (Å²) >= 11 is 0. The van der Waals surface area contributed by atoms with E-state index in [2.05, 4.69) is 14.8 Å². The lowest BCUT2D eigenvalue weighted by atomic mass is 10.2. The van der Waals surface area contributed by atoms with Crippen LogP contribution in [-0.4, -0.2) is 65.4 Å². The summed E-state index contributed by atoms with van der Waals surface area (Å²) < 4.78 is 0. The van der Waals surface area contributed by atoms with E-state index in [1.165, 1.54) is 23.2 Å². The third-order valence-electron chi connectivity index (χ3n) is 4.39. The zero-order valence-electron chi connectivity index (χ0n) is 14.6. The van der Waals surface area contributed by atoms with Crippen molar-refractivity contribution in [1.29, 1.82) is 0 Å². The molecule has 0 unspecified atom stereocenters. The fourth-order valence-corrected chi connectivity index (χ4v) is 2.93. The highest BCUT2D eigenvalue weighted by Gasteiger charge is 2.28. The smallest absolute Gasteiger partial charge is 0.304 e. The predicted molar refractivity (Wildman–Crippen MR) is 98.4 cm³/mol. The van der Waals surface area contributed by atoms with Crippen molar-refractivity contribution in [3.63, 3.8) is 0 Å². The molecule has 1 aliphatic heterocycles. The molecule has 0 spiro atoms. The second kappa shape index (κ2) is 8.03. The van der Waals surface area contributed by atoms with Crippen molar-refractivity contribution in [2.45, 2.75) is 0 Å². The summed E-state index contributed by atoms with van der Waals surface area (Å²) in [5.74, 6) is -0.189. The fraction of sp³-hybridized carbons (Fsp3) is 0.333. The number of carbonyl (C=O) groups is 1. The molecule has 3 rings (SSSR count). The molecule has 1 aliphatic rings. The largest absolute Gasteiger partial charge is 0.312 e. The average Bonchev–Trinajstić information content (AvgIpc) is 2.65. The number of para-hydroxylation sites is 1. The third kappa shape index (κ3) is 4.04. The van der Waals surface area contributed by atoms with E-state index in [4.69, 9.17) is 0 Å². The SMILES string of the molecule is CN1CCN(CC(=O)N(c2ccccc2)c2ncccc2[N+](=O)[O-])CC1. The number of nitro groups is 1. The molecule has 2 heterocycles. The van der Waals surface area contributed by atoms with Gasteiger partial charge in [0.1, 0.15) is 0 Å². The van der Waals surface area contributed by atoms with Gasteiger partial charge in [0.2, 0.25) is 11.7 Å². The minimum atomic E-state index is -0.512. The third-order valence-corrected chi connectivity index (χ3v) is 4.39. The normalized spacial score (nSPS) is 15.6. The van der Waals surface area contributed by atoms with Gasteiger partial charge in [0.05, 0.1) is 17.2 Å². The Balaban J connectivity index is 1.92. The molecule has 26 heavy (non-hydrogen) atoms. The number of rotatable bonds is 5. The summed E-state index contributed by atoms with van der Waals surface area (Å²) in [5.41, 5.74) is 0.372. The Kier molecular flexibility index (Phi) is 5.55. The van der Waals surface area contributed by atoms with Crippen molar-refractivity contribution < 1.29 is 9.72 Å². The van der Waals surface area contributed by atoms with E-state index in [1.807, 2.05) is 13.1 Å². The lowest BCUT2D eigenvalue weighted by Gasteiger charge is -2.33. The minimum Gasteiger partial charge on any atom is -0.304 e. The van der Waals surface area contributed by atoms with E-state index >= 15 is 0 Å². The van der Waals surface area contributed by atoms with Crippen LogP contribution in [-0.2, 0) is 4.79 Å². The number of hydrogen-bond acceptors (Lipinski definition) is 6. The molecule has 8 nitrogen and oxygen atoms in total. The maximum atomic E-state index is 13.1. The first-order valence-corrected chi connectivity index (χ1v) is 8.44. The van der Waals surface area contributed by atoms with E-state index in [0.717, 1.165) is 26.2 Å². The lowest BCUT2D eigenvalue weighted by Crippen LogP contribution is -2.48. The topological polar surface area (TPSA) is 82.8 Å². The van der Waals surface area contributed by atoms with Crippen LogP contribution < -0.4 is 4.90 Å². The van der Waals surface area contributed by atoms with E-state index in [9.17, 15) is 14.9 Å². The van der Waals surface area contributed by atoms with Gasteiger partial charge in [-0.1, -0.05) is 18.2 Å². The molecule has 0 aliphatic carbocycles. The van der Waals surface area contributed by atoms with Gasteiger partial charge in [-0.15, -0.1) is 0 Å². The fourth-order valence-electron chi connectivity index (χ4n) is 2.93. The first-order valence-electron chi connectivity index (χ1n) is 8.44. The standard InChI is InChI=1S/C18H21N5O3/c1-20-10-12-21(13-11-20)14-17(24)22(15-6-3-2-4-7-15)18-16(23(25)26)8-5-9-19-18/h2-9H,10-14H2,1H3. The number of amides is 1. The Bertz CT molecular complexity index is 775. The molecule has 1 amide bonds. The number of piperazine rings is 1. The van der Waals surface area contributed by atoms with Crippen molar-refractivity contribution in [3.05, 3.63) is 58.8 Å². The molecule has 0 atom stereocenters. The first-order chi connectivity index (χ1) is 12.6. The van der Waals surface area contributed by atoms with E-state index < -0.39 is 4.92 Å². The van der Waals surface area contributed by atoms with Gasteiger partial charge in [0.15, 0.2) is 0 Å². The molecular weight excluding hydrogens is 334 g/mol. The van der Waals surface area contributed by atoms with Crippen molar-refractivity contribution in [2.24, 2.45) is 0 Å². The number of nitrogens with zero attached hydrogens (tertiary/aromatic N) is 5. The van der Waals surface area contributed by atoms with Gasteiger partial charge in [-0.3, -0.25) is 24.7 Å². The Morgan fingerprint density at radius 1 is 1.15 bits per heavy atom. The van der Waals surface area contributed by atoms with Crippen LogP contribution in [0.3, 0.4) is 0 Å². The highest BCUT2D eigenvalue weighted by molar-refractivity contribution is 6.02. The predicted octanol–water partition coefficient (Wildman–Crippen LogP) is 1.90. The van der Waals surface area contributed by atoms with Crippen molar-refractivity contribution >= 4 is 23.1 Å². The zero-order chi connectivity index (χ0) is 18.5. The lowest BCUT2D eigenvalue weighted by molar-refractivity contribution is -0.384. The molecule has 1 aromatic carbocycles. The molecule has 0 saturated carbocycles. The molecule has 0 bridgehead atoms. The summed E-state index contributed by atoms with van der Waals surface area (Å²) in [6.07, 6.45) is 1.46. The zero-order valence-corrected chi connectivity index (χ0v) is 14.6. The monoisotopic (exact) mass is 355 g/mol. The van der Waals surface area contributed by atoms with Gasteiger partial charge in [-0.25, -0.2) is 4.98 Å². The average molecular weight is 355 g/mol. The van der Waals surface area contributed by atoms with Crippen LogP contribution in [0.25, 0.3) is 0 Å². The summed E-state index contributed by atoms with van der Waals surface area (Å²) in [6.45, 7) is 3.55. The van der Waals surface area contributed by atoms with Gasteiger partial charge >= 0.3 is 5.69 Å². The highest BCUT2D eigenvalue weighted by Crippen LogP contribution is 2.31. The Labute approximate surface area is 151 Å². The minimum absolute atomic E-state index is 0.0443. The van der Waals surface area contributed by atoms with E-state index in [-0.39, 0.29) is 24.0 Å². The van der Waals surface area contributed by atoms with E-state index in [1.54, 1.807) is 24.3 Å². The van der Waals surface area contributed by atoms with Crippen molar-refractivity contribution in [1.82, 2.24) is 14.8 Å². The summed E-state index contributed by atoms with van der Waals surface area (Å²) in [5, 5.41) is 11.4. The van der Waals surface area contributed by atoms with Crippen molar-refractivity contribution in [3.8, 4) is 0 Å². The van der Waals surface area contributed by atoms with Gasteiger partial charge in [0.25, 0.3) is 0 Å². The van der Waals surface area contributed by atoms with Crippen LogP contribution in [0.2, 0.25) is 0 Å². The number of benzene rings is 1. The maximum Gasteiger partial charge on any atom is 0.312 e. The molecule has 8 heteroatoms. The maximum absolute atomic E-state index is 13.1. The number of hydrogen-bond donors (Lipinski definition) is 0. The van der Waals surface area contributed by atoms with Crippen LogP contribution in [0.5, 0.6) is 0 Å².